The fourth-order valence-electron chi connectivity index (χ4n) is 2.46. The molecule has 1 aromatic carbocycles. The van der Waals surface area contributed by atoms with Crippen LogP contribution in [0.1, 0.15) is 18.4 Å². The topological polar surface area (TPSA) is 32.5 Å². The number of nitrogens with two attached hydrogens (primary N) is 1. The molecule has 0 atom stereocenters. The molecular formula is C14H23N3. The third kappa shape index (κ3) is 2.72. The number of hydrogen-bond donors (Lipinski definition) is 1. The summed E-state index contributed by atoms with van der Waals surface area (Å²) in [5.74, 6) is 0. The van der Waals surface area contributed by atoms with E-state index in [4.69, 9.17) is 5.73 Å². The first-order chi connectivity index (χ1) is 8.22. The van der Waals surface area contributed by atoms with Gasteiger partial charge in [-0.2, -0.15) is 0 Å². The van der Waals surface area contributed by atoms with E-state index in [-0.39, 0.29) is 0 Å². The molecule has 0 saturated carbocycles. The summed E-state index contributed by atoms with van der Waals surface area (Å²) < 4.78 is 0. The van der Waals surface area contributed by atoms with Crippen molar-refractivity contribution in [2.24, 2.45) is 5.73 Å². The molecular weight excluding hydrogens is 210 g/mol. The van der Waals surface area contributed by atoms with Gasteiger partial charge in [0.15, 0.2) is 0 Å². The highest BCUT2D eigenvalue weighted by Gasteiger charge is 2.17. The second-order valence-electron chi connectivity index (χ2n) is 4.90. The zero-order chi connectivity index (χ0) is 12.3. The number of rotatable bonds is 3. The lowest BCUT2D eigenvalue weighted by Gasteiger charge is -2.26. The zero-order valence-corrected chi connectivity index (χ0v) is 10.9. The summed E-state index contributed by atoms with van der Waals surface area (Å²) >= 11 is 0. The Bertz CT molecular complexity index is 376. The van der Waals surface area contributed by atoms with Gasteiger partial charge in [-0.3, -0.25) is 0 Å². The summed E-state index contributed by atoms with van der Waals surface area (Å²) in [6.07, 6.45) is 2.28. The first-order valence-electron chi connectivity index (χ1n) is 6.49. The smallest absolute Gasteiger partial charge is 0.0604 e. The van der Waals surface area contributed by atoms with Gasteiger partial charge in [0.05, 0.1) is 11.4 Å². The van der Waals surface area contributed by atoms with E-state index in [1.54, 1.807) is 0 Å². The molecule has 94 valence electrons. The summed E-state index contributed by atoms with van der Waals surface area (Å²) in [4.78, 5) is 4.84. The number of nitrogens with zero attached hydrogens (tertiary/aromatic N) is 2. The van der Waals surface area contributed by atoms with Crippen molar-refractivity contribution in [3.05, 3.63) is 23.8 Å². The van der Waals surface area contributed by atoms with Crippen LogP contribution in [0.3, 0.4) is 0 Å². The normalized spacial score (nSPS) is 15.7. The van der Waals surface area contributed by atoms with Gasteiger partial charge < -0.3 is 15.5 Å². The van der Waals surface area contributed by atoms with E-state index in [2.05, 4.69) is 42.0 Å². The Morgan fingerprint density at radius 1 is 1.24 bits per heavy atom. The van der Waals surface area contributed by atoms with Crippen molar-refractivity contribution in [1.82, 2.24) is 0 Å². The Balaban J connectivity index is 2.30. The number of hydrogen-bond acceptors (Lipinski definition) is 3. The van der Waals surface area contributed by atoms with Crippen LogP contribution in [0.5, 0.6) is 0 Å². The largest absolute Gasteiger partial charge is 0.373 e. The third-order valence-electron chi connectivity index (χ3n) is 3.44. The van der Waals surface area contributed by atoms with E-state index in [0.29, 0.717) is 0 Å². The van der Waals surface area contributed by atoms with Crippen molar-refractivity contribution in [2.75, 3.05) is 43.0 Å². The average Bonchev–Trinajstić information content (AvgIpc) is 2.47. The quantitative estimate of drug-likeness (QED) is 0.866. The predicted molar refractivity (Wildman–Crippen MR) is 75.0 cm³/mol. The van der Waals surface area contributed by atoms with E-state index < -0.39 is 0 Å². The highest BCUT2D eigenvalue weighted by atomic mass is 15.2. The molecule has 0 radical (unpaired) electrons. The van der Waals surface area contributed by atoms with Crippen molar-refractivity contribution in [1.29, 1.82) is 0 Å². The van der Waals surface area contributed by atoms with Gasteiger partial charge in [0.1, 0.15) is 0 Å². The van der Waals surface area contributed by atoms with Gasteiger partial charge in [0.25, 0.3) is 0 Å². The molecule has 0 aliphatic carbocycles. The van der Waals surface area contributed by atoms with E-state index in [1.807, 2.05) is 0 Å². The number of aryl methyl sites for hydroxylation is 1. The van der Waals surface area contributed by atoms with Crippen LogP contribution in [-0.2, 0) is 0 Å². The second-order valence-corrected chi connectivity index (χ2v) is 4.90. The van der Waals surface area contributed by atoms with Crippen LogP contribution in [-0.4, -0.2) is 33.2 Å². The molecule has 2 N–H and O–H groups in total. The monoisotopic (exact) mass is 233 g/mol. The first-order valence-corrected chi connectivity index (χ1v) is 6.49. The fourth-order valence-corrected chi connectivity index (χ4v) is 2.46. The molecule has 0 unspecified atom stereocenters. The second kappa shape index (κ2) is 5.41. The summed E-state index contributed by atoms with van der Waals surface area (Å²) in [5, 5.41) is 0. The predicted octanol–water partition coefficient (Wildman–Crippen LogP) is 1.99. The van der Waals surface area contributed by atoms with E-state index in [1.165, 1.54) is 23.4 Å². The van der Waals surface area contributed by atoms with E-state index in [9.17, 15) is 0 Å². The van der Waals surface area contributed by atoms with Gasteiger partial charge >= 0.3 is 0 Å². The fraction of sp³-hybridized carbons (Fsp3) is 0.571. The lowest BCUT2D eigenvalue weighted by atomic mass is 10.1. The maximum absolute atomic E-state index is 5.62. The Kier molecular flexibility index (Phi) is 3.89. The molecule has 17 heavy (non-hydrogen) atoms. The molecule has 1 aliphatic heterocycles. The summed E-state index contributed by atoms with van der Waals surface area (Å²) in [6, 6.07) is 6.74. The Hall–Kier alpha value is -1.22. The molecule has 0 bridgehead atoms. The lowest BCUT2D eigenvalue weighted by molar-refractivity contribution is 0.710. The highest BCUT2D eigenvalue weighted by Crippen LogP contribution is 2.32. The Morgan fingerprint density at radius 2 is 2.06 bits per heavy atom. The van der Waals surface area contributed by atoms with Crippen LogP contribution in [0.2, 0.25) is 0 Å². The minimum Gasteiger partial charge on any atom is -0.373 e. The van der Waals surface area contributed by atoms with Gasteiger partial charge in [-0.15, -0.1) is 0 Å². The Labute approximate surface area is 104 Å². The van der Waals surface area contributed by atoms with Crippen molar-refractivity contribution in [3.8, 4) is 0 Å². The summed E-state index contributed by atoms with van der Waals surface area (Å²) in [6.45, 7) is 6.27. The molecule has 0 amide bonds. The molecule has 1 heterocycles. The Morgan fingerprint density at radius 3 is 2.82 bits per heavy atom. The molecule has 0 spiro atoms. The lowest BCUT2D eigenvalue weighted by Crippen LogP contribution is -2.26. The third-order valence-corrected chi connectivity index (χ3v) is 3.44. The molecule has 2 rings (SSSR count). The number of anilines is 2. The van der Waals surface area contributed by atoms with Gasteiger partial charge in [-0.25, -0.2) is 0 Å². The van der Waals surface area contributed by atoms with E-state index >= 15 is 0 Å². The van der Waals surface area contributed by atoms with Crippen LogP contribution < -0.4 is 15.5 Å². The summed E-state index contributed by atoms with van der Waals surface area (Å²) in [5.41, 5.74) is 9.67. The van der Waals surface area contributed by atoms with Crippen molar-refractivity contribution in [2.45, 2.75) is 19.8 Å². The van der Waals surface area contributed by atoms with Gasteiger partial charge in [-0.05, 0) is 44.0 Å². The van der Waals surface area contributed by atoms with Crippen LogP contribution >= 0.6 is 0 Å². The molecule has 0 saturated heterocycles. The molecule has 0 fully saturated rings. The minimum atomic E-state index is 0.771. The van der Waals surface area contributed by atoms with Crippen molar-refractivity contribution in [3.63, 3.8) is 0 Å². The molecule has 1 aliphatic rings. The molecule has 1 aromatic rings. The minimum absolute atomic E-state index is 0.771. The van der Waals surface area contributed by atoms with Crippen LogP contribution in [0, 0.1) is 6.92 Å². The van der Waals surface area contributed by atoms with Crippen LogP contribution in [0.4, 0.5) is 11.4 Å². The van der Waals surface area contributed by atoms with Crippen LogP contribution in [0.25, 0.3) is 0 Å². The number of fused-ring (bicyclic) bond motifs is 1. The highest BCUT2D eigenvalue weighted by molar-refractivity contribution is 5.72. The SMILES string of the molecule is Cc1ccc2c(c1)N(C)CCCN2CCCN. The number of benzene rings is 1. The van der Waals surface area contributed by atoms with Gasteiger partial charge in [0.2, 0.25) is 0 Å². The van der Waals surface area contributed by atoms with Gasteiger partial charge in [0, 0.05) is 26.7 Å². The summed E-state index contributed by atoms with van der Waals surface area (Å²) in [7, 11) is 2.19. The van der Waals surface area contributed by atoms with Crippen molar-refractivity contribution < 1.29 is 0 Å². The molecule has 3 nitrogen and oxygen atoms in total. The van der Waals surface area contributed by atoms with Crippen LogP contribution in [0.15, 0.2) is 18.2 Å². The molecule has 0 aromatic heterocycles. The molecule has 3 heteroatoms. The van der Waals surface area contributed by atoms with Crippen molar-refractivity contribution >= 4 is 11.4 Å². The van der Waals surface area contributed by atoms with Gasteiger partial charge in [-0.1, -0.05) is 6.07 Å². The standard InChI is InChI=1S/C14H23N3/c1-12-5-6-13-14(11-12)16(2)8-4-10-17(13)9-3-7-15/h5-6,11H,3-4,7-10,15H2,1-2H3. The maximum atomic E-state index is 5.62. The first kappa shape index (κ1) is 12.2. The zero-order valence-electron chi connectivity index (χ0n) is 10.9. The van der Waals surface area contributed by atoms with E-state index in [0.717, 1.165) is 32.6 Å². The average molecular weight is 233 g/mol. The maximum Gasteiger partial charge on any atom is 0.0604 e.